The van der Waals surface area contributed by atoms with Crippen molar-refractivity contribution in [1.29, 1.82) is 0 Å². The van der Waals surface area contributed by atoms with Gasteiger partial charge in [-0.2, -0.15) is 0 Å². The number of aliphatic carboxylic acids is 1. The van der Waals surface area contributed by atoms with Crippen molar-refractivity contribution in [3.05, 3.63) is 35.1 Å². The summed E-state index contributed by atoms with van der Waals surface area (Å²) in [6, 6.07) is 4.26. The minimum atomic E-state index is -0.835. The maximum Gasteiger partial charge on any atom is 0.313 e. The topological polar surface area (TPSA) is 79.5 Å². The number of benzene rings is 1. The summed E-state index contributed by atoms with van der Waals surface area (Å²) in [6.45, 7) is 0.474. The van der Waals surface area contributed by atoms with Crippen LogP contribution < -0.4 is 5.32 Å². The van der Waals surface area contributed by atoms with Gasteiger partial charge in [0.05, 0.1) is 18.4 Å². The molecule has 0 unspecified atom stereocenters. The van der Waals surface area contributed by atoms with E-state index in [1.165, 1.54) is 29.3 Å². The van der Waals surface area contributed by atoms with E-state index in [4.69, 9.17) is 9.52 Å². The van der Waals surface area contributed by atoms with Gasteiger partial charge in [-0.05, 0) is 42.5 Å². The molecule has 1 aromatic heterocycles. The van der Waals surface area contributed by atoms with E-state index in [0.29, 0.717) is 12.3 Å². The number of carbonyl (C=O) groups is 2. The van der Waals surface area contributed by atoms with Gasteiger partial charge >= 0.3 is 5.97 Å². The van der Waals surface area contributed by atoms with E-state index in [0.717, 1.165) is 29.4 Å². The molecule has 1 amide bonds. The Morgan fingerprint density at radius 2 is 2.04 bits per heavy atom. The van der Waals surface area contributed by atoms with Crippen molar-refractivity contribution >= 4 is 34.6 Å². The number of carbonyl (C=O) groups excluding carboxylic acids is 1. The zero-order valence-electron chi connectivity index (χ0n) is 12.8. The molecule has 23 heavy (non-hydrogen) atoms. The minimum absolute atomic E-state index is 0.0628. The molecule has 1 aliphatic carbocycles. The molecule has 0 saturated carbocycles. The van der Waals surface area contributed by atoms with Gasteiger partial charge in [0.2, 0.25) is 5.91 Å². The Balaban J connectivity index is 1.56. The molecule has 1 aromatic carbocycles. The monoisotopic (exact) mass is 333 g/mol. The van der Waals surface area contributed by atoms with Crippen LogP contribution in [0.25, 0.3) is 11.0 Å². The first-order valence-corrected chi connectivity index (χ1v) is 8.87. The van der Waals surface area contributed by atoms with Crippen LogP contribution in [-0.2, 0) is 28.9 Å². The summed E-state index contributed by atoms with van der Waals surface area (Å²) < 4.78 is 5.60. The highest BCUT2D eigenvalue weighted by atomic mass is 32.2. The molecule has 0 aliphatic heterocycles. The summed E-state index contributed by atoms with van der Waals surface area (Å²) in [5.41, 5.74) is 4.49. The number of carboxylic acids is 1. The van der Waals surface area contributed by atoms with E-state index >= 15 is 0 Å². The molecular weight excluding hydrogens is 314 g/mol. The van der Waals surface area contributed by atoms with E-state index in [1.807, 2.05) is 0 Å². The zero-order chi connectivity index (χ0) is 16.2. The first-order valence-electron chi connectivity index (χ1n) is 7.71. The number of hydrogen-bond donors (Lipinski definition) is 2. The summed E-state index contributed by atoms with van der Waals surface area (Å²) >= 11 is 1.29. The normalized spacial score (nSPS) is 13.2. The van der Waals surface area contributed by atoms with E-state index in [-0.39, 0.29) is 18.1 Å². The third kappa shape index (κ3) is 3.88. The van der Waals surface area contributed by atoms with Crippen LogP contribution in [0.4, 0.5) is 0 Å². The molecule has 3 rings (SSSR count). The Labute approximate surface area is 138 Å². The van der Waals surface area contributed by atoms with Crippen LogP contribution in [0.3, 0.4) is 0 Å². The van der Waals surface area contributed by atoms with Crippen LogP contribution in [0.2, 0.25) is 0 Å². The largest absolute Gasteiger partial charge is 0.481 e. The van der Waals surface area contributed by atoms with E-state index < -0.39 is 5.97 Å². The molecule has 5 nitrogen and oxygen atoms in total. The maximum atomic E-state index is 12.0. The van der Waals surface area contributed by atoms with E-state index in [2.05, 4.69) is 17.4 Å². The highest BCUT2D eigenvalue weighted by Gasteiger charge is 2.16. The molecule has 0 bridgehead atoms. The molecule has 0 radical (unpaired) electrons. The molecule has 0 spiro atoms. The lowest BCUT2D eigenvalue weighted by atomic mass is 10.0. The van der Waals surface area contributed by atoms with Gasteiger partial charge in [-0.3, -0.25) is 9.59 Å². The minimum Gasteiger partial charge on any atom is -0.481 e. The molecule has 122 valence electrons. The fourth-order valence-electron chi connectivity index (χ4n) is 2.94. The van der Waals surface area contributed by atoms with Crippen molar-refractivity contribution in [1.82, 2.24) is 5.32 Å². The van der Waals surface area contributed by atoms with Crippen LogP contribution in [0.5, 0.6) is 0 Å². The number of amides is 1. The average molecular weight is 333 g/mol. The summed E-state index contributed by atoms with van der Waals surface area (Å²) in [4.78, 5) is 22.4. The third-order valence-corrected chi connectivity index (χ3v) is 4.96. The van der Waals surface area contributed by atoms with Crippen LogP contribution in [0.15, 0.2) is 22.8 Å². The van der Waals surface area contributed by atoms with Gasteiger partial charge in [-0.15, -0.1) is 11.8 Å². The van der Waals surface area contributed by atoms with Crippen molar-refractivity contribution in [3.63, 3.8) is 0 Å². The fraction of sp³-hybridized carbons (Fsp3) is 0.412. The number of carboxylic acid groups (broad SMARTS) is 1. The lowest BCUT2D eigenvalue weighted by molar-refractivity contribution is -0.133. The second kappa shape index (κ2) is 7.08. The van der Waals surface area contributed by atoms with Gasteiger partial charge in [0.25, 0.3) is 0 Å². The van der Waals surface area contributed by atoms with Crippen molar-refractivity contribution < 1.29 is 19.1 Å². The van der Waals surface area contributed by atoms with Crippen molar-refractivity contribution in [2.45, 2.75) is 25.7 Å². The van der Waals surface area contributed by atoms with Gasteiger partial charge in [0, 0.05) is 23.2 Å². The Morgan fingerprint density at radius 3 is 2.83 bits per heavy atom. The number of furan rings is 1. The Kier molecular flexibility index (Phi) is 4.91. The quantitative estimate of drug-likeness (QED) is 0.761. The van der Waals surface area contributed by atoms with Crippen LogP contribution in [-0.4, -0.2) is 35.0 Å². The Morgan fingerprint density at radius 1 is 1.26 bits per heavy atom. The summed E-state index contributed by atoms with van der Waals surface area (Å²) in [6.07, 6.45) is 5.35. The van der Waals surface area contributed by atoms with Crippen molar-refractivity contribution in [3.8, 4) is 0 Å². The number of rotatable bonds is 7. The van der Waals surface area contributed by atoms with Gasteiger partial charge in [0.15, 0.2) is 0 Å². The predicted octanol–water partition coefficient (Wildman–Crippen LogP) is 2.40. The molecular formula is C17H19NO4S. The Hall–Kier alpha value is -1.95. The molecule has 2 aromatic rings. The van der Waals surface area contributed by atoms with Gasteiger partial charge in [-0.1, -0.05) is 0 Å². The molecule has 6 heteroatoms. The number of fused-ring (bicyclic) bond motifs is 2. The summed E-state index contributed by atoms with van der Waals surface area (Å²) in [7, 11) is 0. The first kappa shape index (κ1) is 15.9. The molecule has 1 heterocycles. The number of thioether (sulfide) groups is 1. The predicted molar refractivity (Wildman–Crippen MR) is 89.9 cm³/mol. The Bertz CT molecular complexity index is 738. The molecule has 0 saturated heterocycles. The highest BCUT2D eigenvalue weighted by molar-refractivity contribution is 7.99. The van der Waals surface area contributed by atoms with E-state index in [9.17, 15) is 9.59 Å². The lowest BCUT2D eigenvalue weighted by Gasteiger charge is -2.04. The van der Waals surface area contributed by atoms with Gasteiger partial charge < -0.3 is 14.8 Å². The first-order chi connectivity index (χ1) is 11.1. The maximum absolute atomic E-state index is 12.0. The second-order valence-corrected chi connectivity index (χ2v) is 6.81. The highest BCUT2D eigenvalue weighted by Crippen LogP contribution is 2.30. The molecule has 0 fully saturated rings. The van der Waals surface area contributed by atoms with Crippen molar-refractivity contribution in [2.75, 3.05) is 18.1 Å². The number of aryl methyl sites for hydroxylation is 2. The fourth-order valence-corrected chi connectivity index (χ4v) is 3.51. The third-order valence-electron chi connectivity index (χ3n) is 4.01. The molecule has 1 aliphatic rings. The summed E-state index contributed by atoms with van der Waals surface area (Å²) in [5.74, 6) is -0.242. The van der Waals surface area contributed by atoms with Crippen LogP contribution >= 0.6 is 11.8 Å². The van der Waals surface area contributed by atoms with Crippen LogP contribution in [0, 0.1) is 0 Å². The second-order valence-electron chi connectivity index (χ2n) is 5.70. The smallest absolute Gasteiger partial charge is 0.313 e. The molecule has 2 N–H and O–H groups in total. The van der Waals surface area contributed by atoms with Gasteiger partial charge in [-0.25, -0.2) is 0 Å². The van der Waals surface area contributed by atoms with Crippen LogP contribution in [0.1, 0.15) is 23.1 Å². The summed E-state index contributed by atoms with van der Waals surface area (Å²) in [5, 5.41) is 12.4. The van der Waals surface area contributed by atoms with E-state index in [1.54, 1.807) is 6.26 Å². The molecule has 0 atom stereocenters. The SMILES string of the molecule is O=C(O)CSCCNC(=O)Cc1coc2cc3c(cc12)CCC3. The zero-order valence-corrected chi connectivity index (χ0v) is 13.6. The lowest BCUT2D eigenvalue weighted by Crippen LogP contribution is -2.27. The standard InChI is InChI=1S/C17H19NO4S/c19-16(18-4-5-23-10-17(20)21)8-13-9-22-15-7-12-3-1-2-11(12)6-14(13)15/h6-7,9H,1-5,8,10H2,(H,18,19)(H,20,21). The number of hydrogen-bond acceptors (Lipinski definition) is 4. The van der Waals surface area contributed by atoms with Gasteiger partial charge in [0.1, 0.15) is 5.58 Å². The number of nitrogens with one attached hydrogen (secondary N) is 1. The van der Waals surface area contributed by atoms with Crippen molar-refractivity contribution in [2.24, 2.45) is 0 Å². The average Bonchev–Trinajstić information content (AvgIpc) is 3.11.